The summed E-state index contributed by atoms with van der Waals surface area (Å²) in [5.41, 5.74) is 8.92. The van der Waals surface area contributed by atoms with Gasteiger partial charge in [-0.3, -0.25) is 4.98 Å². The summed E-state index contributed by atoms with van der Waals surface area (Å²) in [5.74, 6) is 0. The van der Waals surface area contributed by atoms with Gasteiger partial charge in [0.15, 0.2) is 5.58 Å². The fraction of sp³-hybridized carbons (Fsp3) is 0. The molecule has 0 saturated heterocycles. The van der Waals surface area contributed by atoms with Crippen molar-refractivity contribution in [3.63, 3.8) is 0 Å². The predicted octanol–water partition coefficient (Wildman–Crippen LogP) is 8.81. The molecular weight excluding hydrogens is 466 g/mol. The minimum Gasteiger partial charge on any atom is -0.435 e. The van der Waals surface area contributed by atoms with Crippen LogP contribution in [0.15, 0.2) is 132 Å². The van der Waals surface area contributed by atoms with E-state index >= 15 is 0 Å². The fourth-order valence-electron chi connectivity index (χ4n) is 5.73. The third-order valence-electron chi connectivity index (χ3n) is 7.36. The third-order valence-corrected chi connectivity index (χ3v) is 7.36. The van der Waals surface area contributed by atoms with Crippen LogP contribution in [0.5, 0.6) is 0 Å². The minimum absolute atomic E-state index is 0.625. The normalized spacial score (nSPS) is 11.7. The van der Waals surface area contributed by atoms with Crippen LogP contribution < -0.4 is 0 Å². The third kappa shape index (κ3) is 2.98. The van der Waals surface area contributed by atoms with Gasteiger partial charge in [-0.25, -0.2) is 4.98 Å². The average Bonchev–Trinajstić information content (AvgIpc) is 3.53. The van der Waals surface area contributed by atoms with E-state index in [1.807, 2.05) is 24.4 Å². The van der Waals surface area contributed by atoms with E-state index < -0.39 is 0 Å². The molecule has 0 N–H and O–H groups in total. The Kier molecular flexibility index (Phi) is 4.49. The van der Waals surface area contributed by atoms with Crippen LogP contribution in [-0.4, -0.2) is 14.5 Å². The van der Waals surface area contributed by atoms with Gasteiger partial charge in [-0.15, -0.1) is 0 Å². The lowest BCUT2D eigenvalue weighted by Gasteiger charge is -2.16. The summed E-state index contributed by atoms with van der Waals surface area (Å²) in [7, 11) is 0. The van der Waals surface area contributed by atoms with Gasteiger partial charge in [0, 0.05) is 45.1 Å². The molecule has 4 heterocycles. The lowest BCUT2D eigenvalue weighted by Crippen LogP contribution is -1.98. The fourth-order valence-corrected chi connectivity index (χ4v) is 5.73. The highest BCUT2D eigenvalue weighted by atomic mass is 16.3. The van der Waals surface area contributed by atoms with E-state index in [0.29, 0.717) is 5.71 Å². The zero-order valence-electron chi connectivity index (χ0n) is 20.4. The number of para-hydroxylation sites is 3. The number of furan rings is 1. The molecule has 178 valence electrons. The predicted molar refractivity (Wildman–Crippen MR) is 155 cm³/mol. The Bertz CT molecular complexity index is 2100. The molecule has 0 unspecified atom stereocenters. The number of fused-ring (bicyclic) bond motifs is 6. The molecule has 0 fully saturated rings. The zero-order chi connectivity index (χ0) is 25.1. The van der Waals surface area contributed by atoms with Crippen molar-refractivity contribution in [2.24, 2.45) is 0 Å². The summed E-state index contributed by atoms with van der Waals surface area (Å²) in [6, 6.07) is 40.2. The maximum Gasteiger partial charge on any atom is 0.227 e. The van der Waals surface area contributed by atoms with Gasteiger partial charge >= 0.3 is 0 Å². The van der Waals surface area contributed by atoms with Crippen molar-refractivity contribution in [2.75, 3.05) is 0 Å². The van der Waals surface area contributed by atoms with Crippen molar-refractivity contribution in [3.05, 3.63) is 128 Å². The van der Waals surface area contributed by atoms with Gasteiger partial charge in [0.05, 0.1) is 16.7 Å². The van der Waals surface area contributed by atoms with Crippen molar-refractivity contribution in [1.82, 2.24) is 14.5 Å². The Balaban J connectivity index is 1.43. The molecule has 4 nitrogen and oxygen atoms in total. The standard InChI is InChI=1S/C34H21N3O/c1-2-14-26(32-33-27(19-21-35-32)28-15-9-20-36-34(28)38-33)22(10-1)23-11-3-6-16-29(23)37-30-17-7-4-12-24(30)25-13-5-8-18-31(25)37/h1-21H. The first-order valence-electron chi connectivity index (χ1n) is 12.7. The van der Waals surface area contributed by atoms with Gasteiger partial charge in [-0.05, 0) is 42.0 Å². The molecule has 38 heavy (non-hydrogen) atoms. The quantitative estimate of drug-likeness (QED) is 0.250. The summed E-state index contributed by atoms with van der Waals surface area (Å²) in [6.07, 6.45) is 3.61. The summed E-state index contributed by atoms with van der Waals surface area (Å²) in [5, 5.41) is 4.50. The van der Waals surface area contributed by atoms with Gasteiger partial charge in [-0.1, -0.05) is 78.9 Å². The number of pyridine rings is 2. The average molecular weight is 488 g/mol. The van der Waals surface area contributed by atoms with Crippen molar-refractivity contribution >= 4 is 43.9 Å². The molecule has 0 spiro atoms. The van der Waals surface area contributed by atoms with E-state index in [0.717, 1.165) is 44.4 Å². The van der Waals surface area contributed by atoms with Crippen molar-refractivity contribution in [1.29, 1.82) is 0 Å². The second kappa shape index (κ2) is 8.15. The molecule has 8 aromatic rings. The van der Waals surface area contributed by atoms with Crippen molar-refractivity contribution in [2.45, 2.75) is 0 Å². The number of hydrogen-bond donors (Lipinski definition) is 0. The maximum absolute atomic E-state index is 6.27. The molecule has 0 bridgehead atoms. The van der Waals surface area contributed by atoms with Crippen LogP contribution in [0.4, 0.5) is 0 Å². The van der Waals surface area contributed by atoms with Gasteiger partial charge in [-0.2, -0.15) is 0 Å². The summed E-state index contributed by atoms with van der Waals surface area (Å²) < 4.78 is 8.64. The molecule has 0 radical (unpaired) electrons. The highest BCUT2D eigenvalue weighted by Crippen LogP contribution is 2.41. The second-order valence-electron chi connectivity index (χ2n) is 9.43. The van der Waals surface area contributed by atoms with Gasteiger partial charge < -0.3 is 8.98 Å². The molecule has 4 aromatic heterocycles. The van der Waals surface area contributed by atoms with Gasteiger partial charge in [0.25, 0.3) is 0 Å². The van der Waals surface area contributed by atoms with Gasteiger partial charge in [0.1, 0.15) is 5.69 Å². The Labute approximate surface area is 218 Å². The maximum atomic E-state index is 6.27. The molecule has 4 heteroatoms. The van der Waals surface area contributed by atoms with Crippen molar-refractivity contribution < 1.29 is 4.42 Å². The molecule has 0 aliphatic carbocycles. The van der Waals surface area contributed by atoms with Crippen LogP contribution in [0.2, 0.25) is 0 Å². The molecule has 8 rings (SSSR count). The van der Waals surface area contributed by atoms with E-state index in [4.69, 9.17) is 9.40 Å². The molecule has 0 aliphatic rings. The molecule has 0 atom stereocenters. The summed E-state index contributed by atoms with van der Waals surface area (Å²) >= 11 is 0. The first-order valence-corrected chi connectivity index (χ1v) is 12.7. The van der Waals surface area contributed by atoms with E-state index in [1.165, 1.54) is 21.8 Å². The largest absolute Gasteiger partial charge is 0.435 e. The van der Waals surface area contributed by atoms with Crippen molar-refractivity contribution in [3.8, 4) is 28.1 Å². The van der Waals surface area contributed by atoms with E-state index in [2.05, 4.69) is 107 Å². The van der Waals surface area contributed by atoms with Crippen LogP contribution in [0.1, 0.15) is 0 Å². The summed E-state index contributed by atoms with van der Waals surface area (Å²) in [6.45, 7) is 0. The highest BCUT2D eigenvalue weighted by molar-refractivity contribution is 6.11. The molecular formula is C34H21N3O. The van der Waals surface area contributed by atoms with Gasteiger partial charge in [0.2, 0.25) is 5.71 Å². The Morgan fingerprint density at radius 2 is 1.11 bits per heavy atom. The topological polar surface area (TPSA) is 43.9 Å². The Morgan fingerprint density at radius 3 is 1.89 bits per heavy atom. The lowest BCUT2D eigenvalue weighted by molar-refractivity contribution is 0.653. The van der Waals surface area contributed by atoms with E-state index in [9.17, 15) is 0 Å². The first kappa shape index (κ1) is 20.9. The van der Waals surface area contributed by atoms with Crippen LogP contribution in [-0.2, 0) is 0 Å². The van der Waals surface area contributed by atoms with E-state index in [-0.39, 0.29) is 0 Å². The number of aromatic nitrogens is 3. The zero-order valence-corrected chi connectivity index (χ0v) is 20.4. The second-order valence-corrected chi connectivity index (χ2v) is 9.43. The highest BCUT2D eigenvalue weighted by Gasteiger charge is 2.20. The number of rotatable bonds is 3. The number of hydrogen-bond acceptors (Lipinski definition) is 3. The smallest absolute Gasteiger partial charge is 0.227 e. The van der Waals surface area contributed by atoms with Crippen LogP contribution >= 0.6 is 0 Å². The molecule has 0 aliphatic heterocycles. The minimum atomic E-state index is 0.625. The van der Waals surface area contributed by atoms with Crippen LogP contribution in [0.3, 0.4) is 0 Å². The number of nitrogens with zero attached hydrogens (tertiary/aromatic N) is 3. The molecule has 0 amide bonds. The van der Waals surface area contributed by atoms with E-state index in [1.54, 1.807) is 6.20 Å². The van der Waals surface area contributed by atoms with Crippen LogP contribution in [0.25, 0.3) is 71.9 Å². The van der Waals surface area contributed by atoms with Crippen LogP contribution in [0, 0.1) is 0 Å². The summed E-state index contributed by atoms with van der Waals surface area (Å²) in [4.78, 5) is 9.26. The molecule has 4 aromatic carbocycles. The number of benzene rings is 4. The lowest BCUT2D eigenvalue weighted by atomic mass is 9.95. The molecule has 0 saturated carbocycles. The SMILES string of the molecule is c1ccc(-c2nccc3c2oc2ncccc23)c(-c2ccccc2-n2c3ccccc3c3ccccc32)c1. The first-order chi connectivity index (χ1) is 18.9. The Hall–Kier alpha value is -5.22. The monoisotopic (exact) mass is 487 g/mol. The Morgan fingerprint density at radius 1 is 0.474 bits per heavy atom.